The van der Waals surface area contributed by atoms with Crippen molar-refractivity contribution in [2.75, 3.05) is 24.7 Å². The van der Waals surface area contributed by atoms with Crippen molar-refractivity contribution in [1.29, 1.82) is 0 Å². The molecule has 2 rings (SSSR count). The van der Waals surface area contributed by atoms with E-state index in [4.69, 9.17) is 0 Å². The predicted molar refractivity (Wildman–Crippen MR) is 85.7 cm³/mol. The van der Waals surface area contributed by atoms with Gasteiger partial charge < -0.3 is 4.90 Å². The first-order chi connectivity index (χ1) is 10.3. The highest BCUT2D eigenvalue weighted by Gasteiger charge is 2.26. The molecule has 1 saturated heterocycles. The minimum absolute atomic E-state index is 0.219. The molecule has 1 atom stereocenters. The maximum atomic E-state index is 12.3. The van der Waals surface area contributed by atoms with Crippen LogP contribution in [0.25, 0.3) is 0 Å². The van der Waals surface area contributed by atoms with Crippen molar-refractivity contribution < 1.29 is 13.2 Å². The largest absolute Gasteiger partial charge is 0.324 e. The van der Waals surface area contributed by atoms with Crippen LogP contribution in [-0.4, -0.2) is 53.7 Å². The second kappa shape index (κ2) is 6.68. The summed E-state index contributed by atoms with van der Waals surface area (Å²) < 4.78 is 25.1. The molecule has 124 valence electrons. The van der Waals surface area contributed by atoms with Crippen LogP contribution in [0.4, 0.5) is 10.6 Å². The van der Waals surface area contributed by atoms with E-state index >= 15 is 0 Å². The quantitative estimate of drug-likeness (QED) is 0.918. The molecule has 1 aliphatic heterocycles. The van der Waals surface area contributed by atoms with Crippen molar-refractivity contribution in [3.05, 3.63) is 12.3 Å². The Hall–Kier alpha value is -1.57. The fourth-order valence-corrected chi connectivity index (χ4v) is 3.71. The van der Waals surface area contributed by atoms with Crippen molar-refractivity contribution in [2.45, 2.75) is 44.4 Å². The number of urea groups is 1. The molecule has 1 aromatic rings. The summed E-state index contributed by atoms with van der Waals surface area (Å²) in [5.41, 5.74) is 0. The molecule has 8 heteroatoms. The Morgan fingerprint density at radius 1 is 1.36 bits per heavy atom. The zero-order valence-electron chi connectivity index (χ0n) is 13.3. The van der Waals surface area contributed by atoms with Crippen molar-refractivity contribution >= 4 is 21.7 Å². The van der Waals surface area contributed by atoms with E-state index in [0.717, 1.165) is 0 Å². The second-order valence-electron chi connectivity index (χ2n) is 6.07. The van der Waals surface area contributed by atoms with Gasteiger partial charge >= 0.3 is 6.03 Å². The number of nitrogens with zero attached hydrogens (tertiary/aromatic N) is 3. The molecule has 1 N–H and O–H groups in total. The van der Waals surface area contributed by atoms with E-state index in [1.165, 1.54) is 6.26 Å². The average molecular weight is 328 g/mol. The number of hydrogen-bond acceptors (Lipinski definition) is 4. The first kappa shape index (κ1) is 16.8. The monoisotopic (exact) mass is 328 g/mol. The fraction of sp³-hybridized carbons (Fsp3) is 0.714. The highest BCUT2D eigenvalue weighted by atomic mass is 32.2. The van der Waals surface area contributed by atoms with Gasteiger partial charge in [-0.2, -0.15) is 5.10 Å². The molecule has 0 radical (unpaired) electrons. The lowest BCUT2D eigenvalue weighted by Gasteiger charge is -2.20. The predicted octanol–water partition coefficient (Wildman–Crippen LogP) is 1.89. The van der Waals surface area contributed by atoms with Gasteiger partial charge in [-0.1, -0.05) is 0 Å². The molecule has 1 fully saturated rings. The van der Waals surface area contributed by atoms with E-state index in [2.05, 4.69) is 10.4 Å². The number of carbonyl (C=O) groups excluding carboxylic acids is 1. The third-order valence-electron chi connectivity index (χ3n) is 3.94. The average Bonchev–Trinajstić information content (AvgIpc) is 2.72. The third-order valence-corrected chi connectivity index (χ3v) is 5.62. The smallest absolute Gasteiger partial charge is 0.323 e. The highest BCUT2D eigenvalue weighted by molar-refractivity contribution is 7.91. The normalized spacial score (nSPS) is 20.0. The lowest BCUT2D eigenvalue weighted by atomic mass is 10.2. The Morgan fingerprint density at radius 2 is 2.09 bits per heavy atom. The summed E-state index contributed by atoms with van der Waals surface area (Å²) in [5, 5.41) is 6.72. The molecule has 22 heavy (non-hydrogen) atoms. The molecule has 7 nitrogen and oxygen atoms in total. The molecule has 1 unspecified atom stereocenters. The van der Waals surface area contributed by atoms with Crippen molar-refractivity contribution in [1.82, 2.24) is 14.7 Å². The van der Waals surface area contributed by atoms with E-state index in [1.54, 1.807) is 15.6 Å². The van der Waals surface area contributed by atoms with Crippen LogP contribution in [-0.2, 0) is 9.84 Å². The number of rotatable bonds is 3. The molecule has 1 aliphatic rings. The summed E-state index contributed by atoms with van der Waals surface area (Å²) in [7, 11) is -3.04. The van der Waals surface area contributed by atoms with Gasteiger partial charge in [0.1, 0.15) is 9.84 Å². The van der Waals surface area contributed by atoms with Gasteiger partial charge in [0.05, 0.1) is 5.25 Å². The number of anilines is 1. The first-order valence-electron chi connectivity index (χ1n) is 7.57. The zero-order valence-corrected chi connectivity index (χ0v) is 14.1. The van der Waals surface area contributed by atoms with Gasteiger partial charge in [0.2, 0.25) is 0 Å². The van der Waals surface area contributed by atoms with Gasteiger partial charge in [-0.25, -0.2) is 13.2 Å². The molecule has 0 bridgehead atoms. The maximum Gasteiger partial charge on any atom is 0.323 e. The number of amides is 2. The number of hydrogen-bond donors (Lipinski definition) is 1. The van der Waals surface area contributed by atoms with E-state index in [9.17, 15) is 13.2 Å². The van der Waals surface area contributed by atoms with Gasteiger partial charge in [-0.15, -0.1) is 0 Å². The van der Waals surface area contributed by atoms with Crippen LogP contribution in [0.5, 0.6) is 0 Å². The summed E-state index contributed by atoms with van der Waals surface area (Å²) in [4.78, 5) is 13.9. The maximum absolute atomic E-state index is 12.3. The lowest BCUT2D eigenvalue weighted by molar-refractivity contribution is 0.213. The number of nitrogens with one attached hydrogen (secondary N) is 1. The van der Waals surface area contributed by atoms with Crippen molar-refractivity contribution in [3.8, 4) is 0 Å². The van der Waals surface area contributed by atoms with Crippen LogP contribution < -0.4 is 5.32 Å². The van der Waals surface area contributed by atoms with Crippen molar-refractivity contribution in [2.24, 2.45) is 0 Å². The molecule has 1 aromatic heterocycles. The van der Waals surface area contributed by atoms with E-state index in [-0.39, 0.29) is 17.3 Å². The topological polar surface area (TPSA) is 84.3 Å². The molecule has 0 aliphatic carbocycles. The van der Waals surface area contributed by atoms with E-state index in [1.807, 2.05) is 20.0 Å². The van der Waals surface area contributed by atoms with Crippen LogP contribution >= 0.6 is 0 Å². The van der Waals surface area contributed by atoms with E-state index in [0.29, 0.717) is 38.2 Å². The van der Waals surface area contributed by atoms with Crippen LogP contribution in [0.2, 0.25) is 0 Å². The van der Waals surface area contributed by atoms with Crippen molar-refractivity contribution in [3.63, 3.8) is 0 Å². The van der Waals surface area contributed by atoms with Crippen LogP contribution in [0.15, 0.2) is 12.3 Å². The summed E-state index contributed by atoms with van der Waals surface area (Å²) in [5.74, 6) is 0.516. The Bertz CT molecular complexity index is 624. The Balaban J connectivity index is 1.95. The summed E-state index contributed by atoms with van der Waals surface area (Å²) in [6.07, 6.45) is 4.90. The van der Waals surface area contributed by atoms with Gasteiger partial charge in [-0.3, -0.25) is 10.00 Å². The Morgan fingerprint density at radius 3 is 2.68 bits per heavy atom. The fourth-order valence-electron chi connectivity index (χ4n) is 2.58. The summed E-state index contributed by atoms with van der Waals surface area (Å²) in [6.45, 7) is 5.05. The molecule has 2 amide bonds. The lowest BCUT2D eigenvalue weighted by Crippen LogP contribution is -2.36. The van der Waals surface area contributed by atoms with Gasteiger partial charge in [0, 0.05) is 37.7 Å². The number of aromatic nitrogens is 2. The van der Waals surface area contributed by atoms with Gasteiger partial charge in [0.15, 0.2) is 5.82 Å². The standard InChI is InChI=1S/C14H24N4O3S/c1-11(2)18-10-7-13(16-18)15-14(19)17-8-4-5-12(6-9-17)22(3,20)21/h7,10-12H,4-6,8-9H2,1-3H3,(H,15,16,19). The third kappa shape index (κ3) is 4.22. The molecule has 0 aromatic carbocycles. The zero-order chi connectivity index (χ0) is 16.3. The Labute approximate surface area is 131 Å². The second-order valence-corrected chi connectivity index (χ2v) is 8.40. The van der Waals surface area contributed by atoms with Crippen LogP contribution in [0.1, 0.15) is 39.2 Å². The number of likely N-dealkylation sites (tertiary alicyclic amines) is 1. The van der Waals surface area contributed by atoms with Gasteiger partial charge in [-0.05, 0) is 33.1 Å². The summed E-state index contributed by atoms with van der Waals surface area (Å²) >= 11 is 0. The highest BCUT2D eigenvalue weighted by Crippen LogP contribution is 2.18. The van der Waals surface area contributed by atoms with E-state index < -0.39 is 9.84 Å². The minimum Gasteiger partial charge on any atom is -0.324 e. The number of sulfone groups is 1. The molecule has 0 saturated carbocycles. The van der Waals surface area contributed by atoms with Crippen LogP contribution in [0, 0.1) is 0 Å². The molecule has 2 heterocycles. The summed E-state index contributed by atoms with van der Waals surface area (Å²) in [6, 6.07) is 1.78. The van der Waals surface area contributed by atoms with Crippen LogP contribution in [0.3, 0.4) is 0 Å². The SMILES string of the molecule is CC(C)n1ccc(NC(=O)N2CCCC(S(C)(=O)=O)CC2)n1. The molecular weight excluding hydrogens is 304 g/mol. The molecule has 0 spiro atoms. The number of carbonyl (C=O) groups is 1. The Kier molecular flexibility index (Phi) is 5.10. The molecular formula is C14H24N4O3S. The minimum atomic E-state index is -3.04. The van der Waals surface area contributed by atoms with Gasteiger partial charge in [0.25, 0.3) is 0 Å². The first-order valence-corrected chi connectivity index (χ1v) is 9.53.